The number of amides is 1. The van der Waals surface area contributed by atoms with E-state index in [1.807, 2.05) is 6.92 Å². The summed E-state index contributed by atoms with van der Waals surface area (Å²) in [5.41, 5.74) is 10.5. The zero-order valence-electron chi connectivity index (χ0n) is 9.84. The second-order valence-corrected chi connectivity index (χ2v) is 4.69. The number of hydrogen-bond donors (Lipinski definition) is 2. The summed E-state index contributed by atoms with van der Waals surface area (Å²) >= 11 is 0. The standard InChI is InChI=1S/C13H18N2O/c1-8-5-10-3-4-12(16)15-13(10)11(6-8)7-9(2)14/h5-6,9H,3-4,7,14H2,1-2H3,(H,15,16). The molecule has 1 aromatic carbocycles. The second kappa shape index (κ2) is 4.26. The van der Waals surface area contributed by atoms with E-state index in [0.717, 1.165) is 24.1 Å². The van der Waals surface area contributed by atoms with Crippen LogP contribution in [0.3, 0.4) is 0 Å². The lowest BCUT2D eigenvalue weighted by atomic mass is 9.94. The predicted octanol–water partition coefficient (Wildman–Crippen LogP) is 1.77. The van der Waals surface area contributed by atoms with E-state index in [4.69, 9.17) is 5.73 Å². The maximum atomic E-state index is 11.4. The molecule has 0 aromatic heterocycles. The molecule has 16 heavy (non-hydrogen) atoms. The van der Waals surface area contributed by atoms with E-state index in [0.29, 0.717) is 6.42 Å². The Labute approximate surface area is 96.0 Å². The van der Waals surface area contributed by atoms with E-state index in [1.165, 1.54) is 11.1 Å². The van der Waals surface area contributed by atoms with Crippen molar-refractivity contribution in [2.24, 2.45) is 5.73 Å². The fourth-order valence-corrected chi connectivity index (χ4v) is 2.26. The minimum Gasteiger partial charge on any atom is -0.328 e. The number of nitrogens with two attached hydrogens (primary N) is 1. The van der Waals surface area contributed by atoms with E-state index in [-0.39, 0.29) is 11.9 Å². The number of rotatable bonds is 2. The number of anilines is 1. The molecule has 2 rings (SSSR count). The number of nitrogens with one attached hydrogen (secondary N) is 1. The Balaban J connectivity index is 2.42. The Kier molecular flexibility index (Phi) is 2.97. The zero-order valence-corrected chi connectivity index (χ0v) is 9.84. The van der Waals surface area contributed by atoms with Gasteiger partial charge in [-0.15, -0.1) is 0 Å². The average Bonchev–Trinajstić information content (AvgIpc) is 2.18. The lowest BCUT2D eigenvalue weighted by Crippen LogP contribution is -2.24. The van der Waals surface area contributed by atoms with Gasteiger partial charge in [0.25, 0.3) is 0 Å². The Morgan fingerprint density at radius 1 is 1.44 bits per heavy atom. The molecule has 1 atom stereocenters. The molecule has 1 heterocycles. The third-order valence-electron chi connectivity index (χ3n) is 2.87. The van der Waals surface area contributed by atoms with Crippen LogP contribution in [0.5, 0.6) is 0 Å². The van der Waals surface area contributed by atoms with Crippen molar-refractivity contribution in [1.29, 1.82) is 0 Å². The number of carbonyl (C=O) groups is 1. The van der Waals surface area contributed by atoms with Crippen molar-refractivity contribution in [2.45, 2.75) is 39.2 Å². The van der Waals surface area contributed by atoms with Gasteiger partial charge in [-0.1, -0.05) is 17.7 Å². The van der Waals surface area contributed by atoms with Crippen molar-refractivity contribution in [2.75, 3.05) is 5.32 Å². The van der Waals surface area contributed by atoms with E-state index in [9.17, 15) is 4.79 Å². The number of aryl methyl sites for hydroxylation is 2. The number of hydrogen-bond acceptors (Lipinski definition) is 2. The first kappa shape index (κ1) is 11.1. The summed E-state index contributed by atoms with van der Waals surface area (Å²) in [6, 6.07) is 4.39. The highest BCUT2D eigenvalue weighted by Gasteiger charge is 2.18. The Morgan fingerprint density at radius 2 is 2.19 bits per heavy atom. The van der Waals surface area contributed by atoms with Gasteiger partial charge in [-0.3, -0.25) is 4.79 Å². The smallest absolute Gasteiger partial charge is 0.224 e. The van der Waals surface area contributed by atoms with Crippen molar-refractivity contribution in [3.63, 3.8) is 0 Å². The normalized spacial score (nSPS) is 16.6. The number of benzene rings is 1. The lowest BCUT2D eigenvalue weighted by molar-refractivity contribution is -0.116. The van der Waals surface area contributed by atoms with Gasteiger partial charge < -0.3 is 11.1 Å². The molecule has 3 nitrogen and oxygen atoms in total. The van der Waals surface area contributed by atoms with Crippen LogP contribution in [0.15, 0.2) is 12.1 Å². The minimum atomic E-state index is 0.113. The van der Waals surface area contributed by atoms with E-state index >= 15 is 0 Å². The largest absolute Gasteiger partial charge is 0.328 e. The van der Waals surface area contributed by atoms with Crippen LogP contribution in [0.25, 0.3) is 0 Å². The van der Waals surface area contributed by atoms with Gasteiger partial charge in [-0.2, -0.15) is 0 Å². The van der Waals surface area contributed by atoms with E-state index < -0.39 is 0 Å². The first-order valence-corrected chi connectivity index (χ1v) is 5.74. The van der Waals surface area contributed by atoms with Gasteiger partial charge in [0.1, 0.15) is 0 Å². The highest BCUT2D eigenvalue weighted by molar-refractivity contribution is 5.94. The SMILES string of the molecule is Cc1cc2c(c(CC(C)N)c1)NC(=O)CC2. The molecule has 3 heteroatoms. The molecule has 86 valence electrons. The molecule has 0 saturated carbocycles. The van der Waals surface area contributed by atoms with Crippen LogP contribution in [0.4, 0.5) is 5.69 Å². The van der Waals surface area contributed by atoms with Gasteiger partial charge in [-0.25, -0.2) is 0 Å². The molecule has 0 radical (unpaired) electrons. The number of fused-ring (bicyclic) bond motifs is 1. The highest BCUT2D eigenvalue weighted by atomic mass is 16.1. The summed E-state index contributed by atoms with van der Waals surface area (Å²) in [5, 5.41) is 2.97. The van der Waals surface area contributed by atoms with Gasteiger partial charge in [0.15, 0.2) is 0 Å². The molecule has 0 bridgehead atoms. The molecule has 1 aliphatic heterocycles. The molecule has 0 aliphatic carbocycles. The Hall–Kier alpha value is -1.35. The van der Waals surface area contributed by atoms with Crippen molar-refractivity contribution in [3.05, 3.63) is 28.8 Å². The Morgan fingerprint density at radius 3 is 2.88 bits per heavy atom. The molecular formula is C13H18N2O. The molecule has 1 unspecified atom stereocenters. The third kappa shape index (κ3) is 2.25. The van der Waals surface area contributed by atoms with E-state index in [1.54, 1.807) is 0 Å². The predicted molar refractivity (Wildman–Crippen MR) is 65.5 cm³/mol. The molecule has 1 amide bonds. The van der Waals surface area contributed by atoms with Gasteiger partial charge in [0.2, 0.25) is 5.91 Å². The molecule has 0 fully saturated rings. The van der Waals surface area contributed by atoms with Crippen LogP contribution in [0.2, 0.25) is 0 Å². The summed E-state index contributed by atoms with van der Waals surface area (Å²) in [6.07, 6.45) is 2.24. The summed E-state index contributed by atoms with van der Waals surface area (Å²) in [5.74, 6) is 0.113. The second-order valence-electron chi connectivity index (χ2n) is 4.69. The molecule has 0 saturated heterocycles. The maximum absolute atomic E-state index is 11.4. The van der Waals surface area contributed by atoms with Crippen LogP contribution >= 0.6 is 0 Å². The minimum absolute atomic E-state index is 0.113. The van der Waals surface area contributed by atoms with Crippen LogP contribution < -0.4 is 11.1 Å². The first-order chi connectivity index (χ1) is 7.56. The van der Waals surface area contributed by atoms with Gasteiger partial charge in [-0.05, 0) is 37.8 Å². The van der Waals surface area contributed by atoms with Crippen molar-refractivity contribution >= 4 is 11.6 Å². The summed E-state index contributed by atoms with van der Waals surface area (Å²) in [7, 11) is 0. The molecule has 0 spiro atoms. The van der Waals surface area contributed by atoms with Crippen LogP contribution in [0.1, 0.15) is 30.0 Å². The average molecular weight is 218 g/mol. The van der Waals surface area contributed by atoms with Crippen LogP contribution in [-0.4, -0.2) is 11.9 Å². The Bertz CT molecular complexity index is 424. The van der Waals surface area contributed by atoms with Crippen LogP contribution in [-0.2, 0) is 17.6 Å². The van der Waals surface area contributed by atoms with Crippen molar-refractivity contribution in [1.82, 2.24) is 0 Å². The number of carbonyl (C=O) groups excluding carboxylic acids is 1. The molecule has 1 aromatic rings. The quantitative estimate of drug-likeness (QED) is 0.795. The zero-order chi connectivity index (χ0) is 11.7. The monoisotopic (exact) mass is 218 g/mol. The van der Waals surface area contributed by atoms with Gasteiger partial charge in [0, 0.05) is 18.2 Å². The lowest BCUT2D eigenvalue weighted by Gasteiger charge is -2.22. The topological polar surface area (TPSA) is 55.1 Å². The molecular weight excluding hydrogens is 200 g/mol. The molecule has 1 aliphatic rings. The van der Waals surface area contributed by atoms with Gasteiger partial charge in [0.05, 0.1) is 0 Å². The fourth-order valence-electron chi connectivity index (χ4n) is 2.26. The first-order valence-electron chi connectivity index (χ1n) is 5.74. The molecule has 3 N–H and O–H groups in total. The summed E-state index contributed by atoms with van der Waals surface area (Å²) in [4.78, 5) is 11.4. The summed E-state index contributed by atoms with van der Waals surface area (Å²) < 4.78 is 0. The summed E-state index contributed by atoms with van der Waals surface area (Å²) in [6.45, 7) is 4.07. The van der Waals surface area contributed by atoms with Crippen LogP contribution in [0, 0.1) is 6.92 Å². The van der Waals surface area contributed by atoms with Crippen molar-refractivity contribution in [3.8, 4) is 0 Å². The fraction of sp³-hybridized carbons (Fsp3) is 0.462. The highest BCUT2D eigenvalue weighted by Crippen LogP contribution is 2.28. The van der Waals surface area contributed by atoms with Crippen molar-refractivity contribution < 1.29 is 4.79 Å². The van der Waals surface area contributed by atoms with Gasteiger partial charge >= 0.3 is 0 Å². The third-order valence-corrected chi connectivity index (χ3v) is 2.87. The maximum Gasteiger partial charge on any atom is 0.224 e. The van der Waals surface area contributed by atoms with E-state index in [2.05, 4.69) is 24.4 Å².